The predicted molar refractivity (Wildman–Crippen MR) is 192 cm³/mol. The molecule has 0 aromatic heterocycles. The maximum Gasteiger partial charge on any atom is 0.309 e. The van der Waals surface area contributed by atoms with Crippen molar-refractivity contribution in [3.63, 3.8) is 0 Å². The number of esters is 1. The van der Waals surface area contributed by atoms with Gasteiger partial charge in [0.2, 0.25) is 0 Å². The van der Waals surface area contributed by atoms with Gasteiger partial charge in [-0.1, -0.05) is 53.7 Å². The van der Waals surface area contributed by atoms with Gasteiger partial charge in [0.1, 0.15) is 6.10 Å². The molecule has 284 valence electrons. The minimum absolute atomic E-state index is 0.139. The van der Waals surface area contributed by atoms with Gasteiger partial charge in [0.15, 0.2) is 0 Å². The summed E-state index contributed by atoms with van der Waals surface area (Å²) in [6.45, 7) is 21.4. The molecule has 6 rings (SSSR count). The third-order valence-electron chi connectivity index (χ3n) is 16.3. The molecule has 0 aromatic rings. The number of fused-ring (bicyclic) bond motifs is 7. The minimum atomic E-state index is -0.822. The second-order valence-electron chi connectivity index (χ2n) is 19.0. The minimum Gasteiger partial charge on any atom is -0.481 e. The molecular formula is C41H67NO8. The van der Waals surface area contributed by atoms with E-state index in [4.69, 9.17) is 14.9 Å². The summed E-state index contributed by atoms with van der Waals surface area (Å²) < 4.78 is 6.33. The summed E-state index contributed by atoms with van der Waals surface area (Å²) in [5, 5.41) is 39.2. The molecule has 0 spiro atoms. The third-order valence-corrected chi connectivity index (χ3v) is 16.3. The number of hydrogen-bond donors (Lipinski definition) is 5. The molecule has 12 atom stereocenters. The van der Waals surface area contributed by atoms with E-state index in [-0.39, 0.29) is 53.4 Å². The smallest absolute Gasteiger partial charge is 0.309 e. The van der Waals surface area contributed by atoms with E-state index < -0.39 is 28.7 Å². The Labute approximate surface area is 300 Å². The lowest BCUT2D eigenvalue weighted by atomic mass is 9.36. The fourth-order valence-corrected chi connectivity index (χ4v) is 13.6. The molecule has 6 aliphatic carbocycles. The molecule has 6 unspecified atom stereocenters. The summed E-state index contributed by atoms with van der Waals surface area (Å²) in [7, 11) is 0. The highest BCUT2D eigenvalue weighted by Gasteiger charge is 2.69. The zero-order valence-corrected chi connectivity index (χ0v) is 31.9. The van der Waals surface area contributed by atoms with E-state index >= 15 is 0 Å². The molecule has 0 radical (unpaired) electrons. The zero-order valence-electron chi connectivity index (χ0n) is 31.9. The number of carboxylic acids is 2. The van der Waals surface area contributed by atoms with Gasteiger partial charge in [-0.3, -0.25) is 14.4 Å². The van der Waals surface area contributed by atoms with Gasteiger partial charge < -0.3 is 30.5 Å². The van der Waals surface area contributed by atoms with Crippen molar-refractivity contribution in [1.29, 1.82) is 0 Å². The Kier molecular flexibility index (Phi) is 11.1. The van der Waals surface area contributed by atoms with Gasteiger partial charge in [0, 0.05) is 18.5 Å². The highest BCUT2D eigenvalue weighted by atomic mass is 16.5. The lowest BCUT2D eigenvalue weighted by Gasteiger charge is -2.69. The molecule has 0 amide bonds. The summed E-state index contributed by atoms with van der Waals surface area (Å²) in [5.41, 5.74) is 0.209. The van der Waals surface area contributed by atoms with Crippen LogP contribution in [0.5, 0.6) is 0 Å². The first-order valence-electron chi connectivity index (χ1n) is 19.6. The fraction of sp³-hybridized carbons (Fsp3) is 0.878. The summed E-state index contributed by atoms with van der Waals surface area (Å²) >= 11 is 0. The van der Waals surface area contributed by atoms with Crippen LogP contribution in [0.15, 0.2) is 12.2 Å². The first-order chi connectivity index (χ1) is 23.3. The van der Waals surface area contributed by atoms with Crippen molar-refractivity contribution in [3.05, 3.63) is 12.2 Å². The molecule has 9 heteroatoms. The standard InChI is InChI=1S/C37H56O6.C4H11NO2/c1-20(2)21-11-17-37(32(41)42)18-12-23-22(29(21)37)9-10-27-35(23,7)15-13-26-34(5,6)28(14-16-36(26,27)8)43-31(40)25-19-24(30(38)39)33(25,3)4;6-3-1-5-2-4-7/h21-29H,1,9-19H2,2-8H3,(H,38,39)(H,41,42);5-7H,1-4H2/t21-,22?,23?,24+,25-,26?,27?,28-,29?,35-,36-,37?;/m0./s1. The Hall–Kier alpha value is -1.97. The fourth-order valence-electron chi connectivity index (χ4n) is 13.6. The molecule has 50 heavy (non-hydrogen) atoms. The van der Waals surface area contributed by atoms with Crippen molar-refractivity contribution < 1.29 is 39.5 Å². The van der Waals surface area contributed by atoms with E-state index in [0.29, 0.717) is 49.1 Å². The quantitative estimate of drug-likeness (QED) is 0.102. The first-order valence-corrected chi connectivity index (χ1v) is 19.6. The summed E-state index contributed by atoms with van der Waals surface area (Å²) in [6.07, 6.45) is 10.3. The molecule has 0 saturated heterocycles. The van der Waals surface area contributed by atoms with Gasteiger partial charge in [-0.2, -0.15) is 0 Å². The topological polar surface area (TPSA) is 153 Å². The number of aliphatic hydroxyl groups is 2. The van der Waals surface area contributed by atoms with Crippen LogP contribution in [-0.4, -0.2) is 70.7 Å². The highest BCUT2D eigenvalue weighted by molar-refractivity contribution is 5.81. The van der Waals surface area contributed by atoms with Gasteiger partial charge in [0.05, 0.1) is 30.5 Å². The average molecular weight is 702 g/mol. The van der Waals surface area contributed by atoms with Crippen LogP contribution < -0.4 is 5.32 Å². The molecule has 9 nitrogen and oxygen atoms in total. The van der Waals surface area contributed by atoms with E-state index in [0.717, 1.165) is 64.2 Å². The monoisotopic (exact) mass is 701 g/mol. The average Bonchev–Trinajstić information content (AvgIpc) is 3.44. The van der Waals surface area contributed by atoms with Crippen molar-refractivity contribution in [2.45, 2.75) is 125 Å². The normalized spacial score (nSPS) is 43.7. The van der Waals surface area contributed by atoms with Crippen LogP contribution in [0.1, 0.15) is 119 Å². The van der Waals surface area contributed by atoms with Crippen LogP contribution in [0.3, 0.4) is 0 Å². The molecule has 5 N–H and O–H groups in total. The zero-order chi connectivity index (χ0) is 37.0. The van der Waals surface area contributed by atoms with Crippen molar-refractivity contribution in [1.82, 2.24) is 5.32 Å². The number of carbonyl (C=O) groups is 3. The van der Waals surface area contributed by atoms with Gasteiger partial charge in [0.25, 0.3) is 0 Å². The second-order valence-corrected chi connectivity index (χ2v) is 19.0. The van der Waals surface area contributed by atoms with Crippen molar-refractivity contribution in [3.8, 4) is 0 Å². The lowest BCUT2D eigenvalue weighted by molar-refractivity contribution is -0.228. The number of allylic oxidation sites excluding steroid dienone is 1. The van der Waals surface area contributed by atoms with E-state index in [1.54, 1.807) is 0 Å². The van der Waals surface area contributed by atoms with Gasteiger partial charge in [-0.05, 0) is 129 Å². The van der Waals surface area contributed by atoms with Crippen molar-refractivity contribution in [2.24, 2.45) is 74.4 Å². The number of carbonyl (C=O) groups excluding carboxylic acids is 1. The molecule has 6 aliphatic rings. The SMILES string of the molecule is C=C(C)[C@@H]1CCC2(C(=O)O)CCC3C(CCC4[C@@]3(C)CCC3C(C)(C)[C@@H](OC(=O)[C@@H]5C[C@H](C(=O)O)C5(C)C)CC[C@@]34C)C12.OCCNCCO. The van der Waals surface area contributed by atoms with Crippen LogP contribution in [0, 0.1) is 74.4 Å². The van der Waals surface area contributed by atoms with Crippen LogP contribution in [0.4, 0.5) is 0 Å². The van der Waals surface area contributed by atoms with Crippen LogP contribution >= 0.6 is 0 Å². The van der Waals surface area contributed by atoms with Crippen LogP contribution in [0.25, 0.3) is 0 Å². The number of aliphatic carboxylic acids is 2. The predicted octanol–water partition coefficient (Wildman–Crippen LogP) is 6.56. The third kappa shape index (κ3) is 6.17. The summed E-state index contributed by atoms with van der Waals surface area (Å²) in [6, 6.07) is 0. The van der Waals surface area contributed by atoms with Gasteiger partial charge >= 0.3 is 17.9 Å². The van der Waals surface area contributed by atoms with E-state index in [1.165, 1.54) is 5.57 Å². The lowest BCUT2D eigenvalue weighted by Crippen LogP contribution is -2.64. The maximum absolute atomic E-state index is 13.4. The largest absolute Gasteiger partial charge is 0.481 e. The first kappa shape index (κ1) is 39.2. The van der Waals surface area contributed by atoms with Crippen LogP contribution in [-0.2, 0) is 19.1 Å². The van der Waals surface area contributed by atoms with Crippen molar-refractivity contribution >= 4 is 17.9 Å². The Morgan fingerprint density at radius 2 is 1.38 bits per heavy atom. The maximum atomic E-state index is 13.4. The number of ether oxygens (including phenoxy) is 1. The number of hydrogen-bond acceptors (Lipinski definition) is 7. The Morgan fingerprint density at radius 3 is 1.94 bits per heavy atom. The molecule has 0 aromatic carbocycles. The summed E-state index contributed by atoms with van der Waals surface area (Å²) in [5.74, 6) is 0.137. The molecule has 6 saturated carbocycles. The van der Waals surface area contributed by atoms with Crippen molar-refractivity contribution in [2.75, 3.05) is 26.3 Å². The number of carboxylic acid groups (broad SMARTS) is 2. The van der Waals surface area contributed by atoms with Gasteiger partial charge in [-0.25, -0.2) is 0 Å². The molecule has 0 aliphatic heterocycles. The number of aliphatic hydroxyl groups excluding tert-OH is 2. The molecule has 0 heterocycles. The van der Waals surface area contributed by atoms with E-state index in [9.17, 15) is 24.6 Å². The highest BCUT2D eigenvalue weighted by Crippen LogP contribution is 2.74. The Balaban J connectivity index is 0.000000630. The Bertz CT molecular complexity index is 1310. The van der Waals surface area contributed by atoms with Crippen LogP contribution in [0.2, 0.25) is 0 Å². The number of rotatable bonds is 9. The number of nitrogens with one attached hydrogen (secondary N) is 1. The van der Waals surface area contributed by atoms with E-state index in [2.05, 4.69) is 46.5 Å². The molecule has 0 bridgehead atoms. The summed E-state index contributed by atoms with van der Waals surface area (Å²) in [4.78, 5) is 37.9. The van der Waals surface area contributed by atoms with Gasteiger partial charge in [-0.15, -0.1) is 0 Å². The molecule has 6 fully saturated rings. The van der Waals surface area contributed by atoms with E-state index in [1.807, 2.05) is 13.8 Å². The Morgan fingerprint density at radius 1 is 0.760 bits per heavy atom. The molecular weight excluding hydrogens is 634 g/mol. The second kappa shape index (κ2) is 14.1.